The number of nitrogens with zero attached hydrogens (tertiary/aromatic N) is 2. The van der Waals surface area contributed by atoms with Gasteiger partial charge in [-0.1, -0.05) is 29.3 Å². The summed E-state index contributed by atoms with van der Waals surface area (Å²) >= 11 is 12.0. The lowest BCUT2D eigenvalue weighted by molar-refractivity contribution is -0.305. The van der Waals surface area contributed by atoms with Gasteiger partial charge in [-0.3, -0.25) is 10.4 Å². The third-order valence-electron chi connectivity index (χ3n) is 2.99. The second kappa shape index (κ2) is 8.50. The normalized spacial score (nSPS) is 11.3. The van der Waals surface area contributed by atoms with E-state index in [1.165, 1.54) is 0 Å². The number of carboxylic acid groups (broad SMARTS) is 1. The lowest BCUT2D eigenvalue weighted by Crippen LogP contribution is -2.22. The first-order valence-corrected chi connectivity index (χ1v) is 7.70. The summed E-state index contributed by atoms with van der Waals surface area (Å²) in [6, 6.07) is 10.4. The Morgan fingerprint density at radius 1 is 1.22 bits per heavy atom. The predicted octanol–water partition coefficient (Wildman–Crippen LogP) is 3.12. The average molecular weight is 351 g/mol. The fourth-order valence-electron chi connectivity index (χ4n) is 1.89. The number of carbonyl (C=O) groups is 1. The number of halogens is 2. The predicted molar refractivity (Wildman–Crippen MR) is 89.7 cm³/mol. The third-order valence-corrected chi connectivity index (χ3v) is 3.56. The van der Waals surface area contributed by atoms with E-state index in [-0.39, 0.29) is 6.42 Å². The molecule has 0 fully saturated rings. The summed E-state index contributed by atoms with van der Waals surface area (Å²) in [5, 5.41) is 15.9. The highest BCUT2D eigenvalue weighted by Gasteiger charge is 2.06. The van der Waals surface area contributed by atoms with Crippen LogP contribution in [0.15, 0.2) is 47.7 Å². The Balaban J connectivity index is 2.18. The van der Waals surface area contributed by atoms with Crippen LogP contribution in [0.5, 0.6) is 0 Å². The van der Waals surface area contributed by atoms with Crippen LogP contribution >= 0.6 is 23.2 Å². The van der Waals surface area contributed by atoms with E-state index in [0.717, 1.165) is 0 Å². The van der Waals surface area contributed by atoms with Gasteiger partial charge in [0, 0.05) is 17.2 Å². The largest absolute Gasteiger partial charge is 0.550 e. The van der Waals surface area contributed by atoms with Crippen molar-refractivity contribution in [2.45, 2.75) is 19.3 Å². The molecule has 120 valence electrons. The van der Waals surface area contributed by atoms with Crippen molar-refractivity contribution in [3.05, 3.63) is 58.3 Å². The van der Waals surface area contributed by atoms with E-state index in [1.54, 1.807) is 36.5 Å². The van der Waals surface area contributed by atoms with Crippen molar-refractivity contribution in [3.8, 4) is 0 Å². The van der Waals surface area contributed by atoms with Gasteiger partial charge in [0.15, 0.2) is 0 Å². The molecule has 2 rings (SSSR count). The van der Waals surface area contributed by atoms with Gasteiger partial charge in [0.1, 0.15) is 0 Å². The van der Waals surface area contributed by atoms with Crippen molar-refractivity contribution >= 4 is 40.6 Å². The fraction of sp³-hybridized carbons (Fsp3) is 0.188. The second-order valence-electron chi connectivity index (χ2n) is 4.74. The number of hydrazone groups is 1. The lowest BCUT2D eigenvalue weighted by Gasteiger charge is -2.09. The number of carbonyl (C=O) groups excluding carboxylic acids is 1. The van der Waals surface area contributed by atoms with E-state index in [2.05, 4.69) is 15.5 Å². The number of anilines is 1. The molecular weight excluding hydrogens is 337 g/mol. The molecule has 1 aromatic carbocycles. The average Bonchev–Trinajstić information content (AvgIpc) is 2.54. The molecule has 0 saturated carbocycles. The zero-order chi connectivity index (χ0) is 16.7. The summed E-state index contributed by atoms with van der Waals surface area (Å²) in [6.07, 6.45) is 2.46. The molecule has 23 heavy (non-hydrogen) atoms. The second-order valence-corrected chi connectivity index (χ2v) is 5.58. The number of nitrogens with one attached hydrogen (secondary N) is 1. The molecule has 0 aliphatic heterocycles. The smallest absolute Gasteiger partial charge is 0.0863 e. The molecule has 0 atom stereocenters. The van der Waals surface area contributed by atoms with Crippen molar-refractivity contribution in [2.75, 3.05) is 5.43 Å². The van der Waals surface area contributed by atoms with Crippen molar-refractivity contribution in [1.29, 1.82) is 0 Å². The molecule has 0 saturated heterocycles. The highest BCUT2D eigenvalue weighted by molar-refractivity contribution is 6.35. The van der Waals surface area contributed by atoms with Gasteiger partial charge in [0.25, 0.3) is 0 Å². The van der Waals surface area contributed by atoms with Crippen LogP contribution < -0.4 is 10.5 Å². The Morgan fingerprint density at radius 2 is 2.04 bits per heavy atom. The molecule has 1 N–H and O–H groups in total. The van der Waals surface area contributed by atoms with Crippen molar-refractivity contribution in [1.82, 2.24) is 4.98 Å². The van der Waals surface area contributed by atoms with Gasteiger partial charge >= 0.3 is 0 Å². The van der Waals surface area contributed by atoms with Gasteiger partial charge in [0.2, 0.25) is 0 Å². The summed E-state index contributed by atoms with van der Waals surface area (Å²) in [4.78, 5) is 14.8. The molecule has 2 aromatic rings. The topological polar surface area (TPSA) is 77.4 Å². The number of hydrogen-bond donors (Lipinski definition) is 1. The Kier molecular flexibility index (Phi) is 6.38. The number of carboxylic acids is 1. The lowest BCUT2D eigenvalue weighted by atomic mass is 10.1. The van der Waals surface area contributed by atoms with Crippen molar-refractivity contribution in [2.24, 2.45) is 5.10 Å². The highest BCUT2D eigenvalue weighted by Crippen LogP contribution is 2.25. The van der Waals surface area contributed by atoms with E-state index < -0.39 is 5.97 Å². The summed E-state index contributed by atoms with van der Waals surface area (Å²) in [5.41, 5.74) is 4.71. The number of aliphatic carboxylic acids is 1. The first-order valence-electron chi connectivity index (χ1n) is 6.95. The summed E-state index contributed by atoms with van der Waals surface area (Å²) in [6.45, 7) is 0. The van der Waals surface area contributed by atoms with E-state index in [1.807, 2.05) is 6.07 Å². The molecule has 0 aliphatic rings. The molecule has 5 nitrogen and oxygen atoms in total. The van der Waals surface area contributed by atoms with Crippen LogP contribution in [-0.2, 0) is 4.79 Å². The molecule has 0 spiro atoms. The quantitative estimate of drug-likeness (QED) is 0.614. The Bertz CT molecular complexity index is 706. The zero-order valence-corrected chi connectivity index (χ0v) is 13.6. The van der Waals surface area contributed by atoms with E-state index in [4.69, 9.17) is 23.2 Å². The number of rotatable bonds is 7. The molecule has 7 heteroatoms. The SMILES string of the molecule is O=C([O-])CCCC(=NNc1cc(Cl)ccc1Cl)c1ccccn1. The molecule has 0 radical (unpaired) electrons. The molecule has 0 unspecified atom stereocenters. The van der Waals surface area contributed by atoms with Crippen LogP contribution in [-0.4, -0.2) is 16.7 Å². The van der Waals surface area contributed by atoms with Crippen LogP contribution in [0.2, 0.25) is 10.0 Å². The molecular formula is C16H14Cl2N3O2-. The minimum absolute atomic E-state index is 0.0379. The molecule has 0 amide bonds. The molecule has 1 aromatic heterocycles. The molecule has 0 aliphatic carbocycles. The van der Waals surface area contributed by atoms with Crippen molar-refractivity contribution in [3.63, 3.8) is 0 Å². The Labute approximate surface area is 144 Å². The first-order chi connectivity index (χ1) is 11.1. The van der Waals surface area contributed by atoms with Gasteiger partial charge in [-0.05, 0) is 49.6 Å². The Hall–Kier alpha value is -2.11. The summed E-state index contributed by atoms with van der Waals surface area (Å²) < 4.78 is 0. The van der Waals surface area contributed by atoms with E-state index >= 15 is 0 Å². The summed E-state index contributed by atoms with van der Waals surface area (Å²) in [5.74, 6) is -1.09. The van der Waals surface area contributed by atoms with Gasteiger partial charge in [-0.15, -0.1) is 0 Å². The van der Waals surface area contributed by atoms with Gasteiger partial charge in [-0.2, -0.15) is 5.10 Å². The van der Waals surface area contributed by atoms with E-state index in [9.17, 15) is 9.90 Å². The van der Waals surface area contributed by atoms with Crippen LogP contribution in [0.3, 0.4) is 0 Å². The molecule has 0 bridgehead atoms. The first kappa shape index (κ1) is 17.2. The van der Waals surface area contributed by atoms with Gasteiger partial charge in [0.05, 0.1) is 22.1 Å². The van der Waals surface area contributed by atoms with Crippen LogP contribution in [0.25, 0.3) is 0 Å². The number of aromatic nitrogens is 1. The van der Waals surface area contributed by atoms with Crippen molar-refractivity contribution < 1.29 is 9.90 Å². The minimum Gasteiger partial charge on any atom is -0.550 e. The fourth-order valence-corrected chi connectivity index (χ4v) is 2.22. The Morgan fingerprint density at radius 3 is 2.74 bits per heavy atom. The van der Waals surface area contributed by atoms with Crippen LogP contribution in [0, 0.1) is 0 Å². The standard InChI is InChI=1S/C16H15Cl2N3O2/c17-11-7-8-12(18)15(10-11)21-20-14(5-3-6-16(22)23)13-4-1-2-9-19-13/h1-2,4,7-10,21H,3,5-6H2,(H,22,23)/p-1. The van der Waals surface area contributed by atoms with Gasteiger partial charge < -0.3 is 9.90 Å². The monoisotopic (exact) mass is 350 g/mol. The number of hydrogen-bond acceptors (Lipinski definition) is 5. The third kappa shape index (κ3) is 5.54. The zero-order valence-electron chi connectivity index (χ0n) is 12.1. The highest BCUT2D eigenvalue weighted by atomic mass is 35.5. The number of benzene rings is 1. The van der Waals surface area contributed by atoms with E-state index in [0.29, 0.717) is 40.0 Å². The summed E-state index contributed by atoms with van der Waals surface area (Å²) in [7, 11) is 0. The maximum atomic E-state index is 10.6. The molecule has 1 heterocycles. The maximum Gasteiger partial charge on any atom is 0.0863 e. The maximum absolute atomic E-state index is 10.6. The van der Waals surface area contributed by atoms with Crippen LogP contribution in [0.4, 0.5) is 5.69 Å². The minimum atomic E-state index is -1.09. The van der Waals surface area contributed by atoms with Crippen LogP contribution in [0.1, 0.15) is 25.0 Å². The van der Waals surface area contributed by atoms with Gasteiger partial charge in [-0.25, -0.2) is 0 Å². The number of pyridine rings is 1.